The van der Waals surface area contributed by atoms with Crippen molar-refractivity contribution in [2.75, 3.05) is 17.6 Å². The van der Waals surface area contributed by atoms with E-state index in [2.05, 4.69) is 31.3 Å². The predicted molar refractivity (Wildman–Crippen MR) is 148 cm³/mol. The molecule has 0 saturated heterocycles. The van der Waals surface area contributed by atoms with Gasteiger partial charge in [0.25, 0.3) is 0 Å². The zero-order chi connectivity index (χ0) is 25.8. The molecular weight excluding hydrogens is 464 g/mol. The fourth-order valence-electron chi connectivity index (χ4n) is 4.21. The summed E-state index contributed by atoms with van der Waals surface area (Å²) in [6.45, 7) is 0.576. The summed E-state index contributed by atoms with van der Waals surface area (Å²) in [5.74, 6) is -0.723. The van der Waals surface area contributed by atoms with Gasteiger partial charge in [0.05, 0.1) is 0 Å². The minimum Gasteiger partial charge on any atom is -0.382 e. The van der Waals surface area contributed by atoms with E-state index in [9.17, 15) is 4.79 Å². The molecule has 0 aliphatic heterocycles. The molecular formula is C28H26N8O. The molecule has 0 unspecified atom stereocenters. The van der Waals surface area contributed by atoms with Gasteiger partial charge in [-0.2, -0.15) is 4.99 Å². The number of nitrogen functional groups attached to an aromatic ring is 1. The van der Waals surface area contributed by atoms with Crippen molar-refractivity contribution in [3.63, 3.8) is 0 Å². The number of nitrogens with one attached hydrogen (secondary N) is 2. The number of carbonyl (C=O) groups excluding carboxylic acids is 1. The van der Waals surface area contributed by atoms with Crippen LogP contribution in [-0.2, 0) is 6.42 Å². The van der Waals surface area contributed by atoms with E-state index in [1.54, 1.807) is 0 Å². The first-order chi connectivity index (χ1) is 18.0. The van der Waals surface area contributed by atoms with Gasteiger partial charge >= 0.3 is 5.91 Å². The van der Waals surface area contributed by atoms with E-state index in [1.807, 2.05) is 79.0 Å². The number of aliphatic imine (C=N–C) groups is 1. The maximum Gasteiger partial charge on any atom is 0.302 e. The molecule has 9 heteroatoms. The number of amides is 1. The average Bonchev–Trinajstić information content (AvgIpc) is 3.32. The summed E-state index contributed by atoms with van der Waals surface area (Å²) in [6, 6.07) is 26.1. The second-order valence-corrected chi connectivity index (χ2v) is 8.48. The molecule has 0 aliphatic carbocycles. The van der Waals surface area contributed by atoms with E-state index in [0.717, 1.165) is 28.6 Å². The summed E-state index contributed by atoms with van der Waals surface area (Å²) in [5, 5.41) is 4.52. The number of fused-ring (bicyclic) bond motifs is 1. The van der Waals surface area contributed by atoms with Gasteiger partial charge in [0.15, 0.2) is 23.3 Å². The molecule has 0 bridgehead atoms. The lowest BCUT2D eigenvalue weighted by Crippen LogP contribution is -2.25. The van der Waals surface area contributed by atoms with Crippen molar-refractivity contribution in [3.8, 4) is 22.4 Å². The lowest BCUT2D eigenvalue weighted by Gasteiger charge is -2.14. The third kappa shape index (κ3) is 5.10. The molecule has 8 N–H and O–H groups in total. The zero-order valence-corrected chi connectivity index (χ0v) is 20.0. The summed E-state index contributed by atoms with van der Waals surface area (Å²) >= 11 is 0. The van der Waals surface area contributed by atoms with Gasteiger partial charge < -0.3 is 27.5 Å². The number of nitrogens with two attached hydrogens (primary N) is 3. The Morgan fingerprint density at radius 3 is 2.30 bits per heavy atom. The molecule has 0 spiro atoms. The standard InChI is InChI=1S/C28H26N8O/c29-25-24(27(37)36-28(30)31)34-23(19-12-10-18(11-13-19)17-6-2-1-3-7-17)26(35-25)32-15-14-20-16-33-22-9-5-4-8-21(20)22/h1-13,16,33H,14-15H2,(H3,29,32,35)(H4,30,31,36,37). The molecule has 0 saturated carbocycles. The highest BCUT2D eigenvalue weighted by Gasteiger charge is 2.19. The Bertz CT molecular complexity index is 1590. The molecule has 0 atom stereocenters. The summed E-state index contributed by atoms with van der Waals surface area (Å²) in [5.41, 5.74) is 22.4. The average molecular weight is 491 g/mol. The van der Waals surface area contributed by atoms with Crippen molar-refractivity contribution in [3.05, 3.63) is 96.3 Å². The number of hydrogen-bond donors (Lipinski definition) is 5. The zero-order valence-electron chi connectivity index (χ0n) is 20.0. The van der Waals surface area contributed by atoms with E-state index < -0.39 is 5.91 Å². The van der Waals surface area contributed by atoms with Crippen LogP contribution in [0.2, 0.25) is 0 Å². The second kappa shape index (κ2) is 10.2. The highest BCUT2D eigenvalue weighted by Crippen LogP contribution is 2.30. The molecule has 5 rings (SSSR count). The van der Waals surface area contributed by atoms with Crippen LogP contribution < -0.4 is 22.5 Å². The van der Waals surface area contributed by atoms with Gasteiger partial charge in [-0.05, 0) is 29.2 Å². The topological polar surface area (TPSA) is 161 Å². The molecule has 5 aromatic rings. The first-order valence-electron chi connectivity index (χ1n) is 11.8. The Labute approximate surface area is 213 Å². The Hall–Kier alpha value is -5.18. The molecule has 3 aromatic carbocycles. The number of nitrogens with zero attached hydrogens (tertiary/aromatic N) is 3. The number of hydrogen-bond acceptors (Lipinski definition) is 5. The maximum absolute atomic E-state index is 12.5. The Kier molecular flexibility index (Phi) is 6.50. The molecule has 2 aromatic heterocycles. The molecule has 2 heterocycles. The summed E-state index contributed by atoms with van der Waals surface area (Å²) < 4.78 is 0. The number of aromatic nitrogens is 3. The van der Waals surface area contributed by atoms with Crippen molar-refractivity contribution >= 4 is 34.4 Å². The maximum atomic E-state index is 12.5. The lowest BCUT2D eigenvalue weighted by atomic mass is 10.0. The Morgan fingerprint density at radius 2 is 1.54 bits per heavy atom. The van der Waals surface area contributed by atoms with Gasteiger partial charge in [-0.1, -0.05) is 72.8 Å². The summed E-state index contributed by atoms with van der Waals surface area (Å²) in [4.78, 5) is 28.4. The largest absolute Gasteiger partial charge is 0.382 e. The van der Waals surface area contributed by atoms with Gasteiger partial charge in [-0.3, -0.25) is 4.79 Å². The van der Waals surface area contributed by atoms with E-state index in [1.165, 1.54) is 10.9 Å². The van der Waals surface area contributed by atoms with Crippen LogP contribution in [0.4, 0.5) is 11.6 Å². The van der Waals surface area contributed by atoms with Gasteiger partial charge in [0, 0.05) is 29.2 Å². The van der Waals surface area contributed by atoms with Gasteiger partial charge in [0.2, 0.25) is 0 Å². The first-order valence-corrected chi connectivity index (χ1v) is 11.8. The van der Waals surface area contributed by atoms with E-state index >= 15 is 0 Å². The van der Waals surface area contributed by atoms with Crippen molar-refractivity contribution < 1.29 is 4.79 Å². The Balaban J connectivity index is 1.47. The number of anilines is 2. The minimum absolute atomic E-state index is 0.0609. The predicted octanol–water partition coefficient (Wildman–Crippen LogP) is 3.94. The van der Waals surface area contributed by atoms with Crippen molar-refractivity contribution in [1.82, 2.24) is 15.0 Å². The van der Waals surface area contributed by atoms with Crippen molar-refractivity contribution in [2.45, 2.75) is 6.42 Å². The van der Waals surface area contributed by atoms with Crippen LogP contribution in [0.15, 0.2) is 90.1 Å². The molecule has 0 radical (unpaired) electrons. The number of benzene rings is 3. The van der Waals surface area contributed by atoms with Crippen LogP contribution >= 0.6 is 0 Å². The molecule has 0 fully saturated rings. The Morgan fingerprint density at radius 1 is 0.865 bits per heavy atom. The van der Waals surface area contributed by atoms with Crippen molar-refractivity contribution in [1.29, 1.82) is 0 Å². The number of rotatable bonds is 7. The fraction of sp³-hybridized carbons (Fsp3) is 0.0714. The number of H-pyrrole nitrogens is 1. The molecule has 37 heavy (non-hydrogen) atoms. The number of carbonyl (C=O) groups is 1. The highest BCUT2D eigenvalue weighted by atomic mass is 16.1. The van der Waals surface area contributed by atoms with E-state index in [0.29, 0.717) is 18.1 Å². The quantitative estimate of drug-likeness (QED) is 0.170. The van der Waals surface area contributed by atoms with Crippen LogP contribution in [0.1, 0.15) is 16.1 Å². The second-order valence-electron chi connectivity index (χ2n) is 8.48. The van der Waals surface area contributed by atoms with Crippen molar-refractivity contribution in [2.24, 2.45) is 16.5 Å². The third-order valence-electron chi connectivity index (χ3n) is 5.98. The molecule has 184 valence electrons. The number of para-hydroxylation sites is 1. The third-order valence-corrected chi connectivity index (χ3v) is 5.98. The van der Waals surface area contributed by atoms with Gasteiger partial charge in [-0.15, -0.1) is 0 Å². The smallest absolute Gasteiger partial charge is 0.302 e. The first kappa shape index (κ1) is 23.6. The normalized spacial score (nSPS) is 10.8. The van der Waals surface area contributed by atoms with Gasteiger partial charge in [0.1, 0.15) is 5.69 Å². The molecule has 0 aliphatic rings. The van der Waals surface area contributed by atoms with Crippen LogP contribution in [0.25, 0.3) is 33.3 Å². The fourth-order valence-corrected chi connectivity index (χ4v) is 4.21. The lowest BCUT2D eigenvalue weighted by molar-refractivity contribution is 0.0998. The SMILES string of the molecule is NC(N)=NC(=O)c1nc(-c2ccc(-c3ccccc3)cc2)c(NCCc2c[nH]c3ccccc23)nc1N. The van der Waals surface area contributed by atoms with E-state index in [-0.39, 0.29) is 17.5 Å². The van der Waals surface area contributed by atoms with Crippen LogP contribution in [0.3, 0.4) is 0 Å². The number of aromatic amines is 1. The van der Waals surface area contributed by atoms with Gasteiger partial charge in [-0.25, -0.2) is 9.97 Å². The molecule has 9 nitrogen and oxygen atoms in total. The van der Waals surface area contributed by atoms with Crippen LogP contribution in [-0.4, -0.2) is 33.4 Å². The van der Waals surface area contributed by atoms with E-state index in [4.69, 9.17) is 17.2 Å². The summed E-state index contributed by atoms with van der Waals surface area (Å²) in [7, 11) is 0. The highest BCUT2D eigenvalue weighted by molar-refractivity contribution is 6.04. The monoisotopic (exact) mass is 490 g/mol. The van der Waals surface area contributed by atoms with Crippen LogP contribution in [0, 0.1) is 0 Å². The summed E-state index contributed by atoms with van der Waals surface area (Å²) in [6.07, 6.45) is 2.75. The molecule has 1 amide bonds. The minimum atomic E-state index is -0.752. The number of guanidine groups is 1. The van der Waals surface area contributed by atoms with Crippen LogP contribution in [0.5, 0.6) is 0 Å².